The lowest BCUT2D eigenvalue weighted by atomic mass is 10.0. The van der Waals surface area contributed by atoms with Crippen LogP contribution in [0.5, 0.6) is 0 Å². The Balaban J connectivity index is 3.11. The molecule has 0 saturated heterocycles. The van der Waals surface area contributed by atoms with Crippen molar-refractivity contribution in [2.75, 3.05) is 14.2 Å². The number of nitro groups is 1. The molecule has 0 aromatic heterocycles. The highest BCUT2D eigenvalue weighted by Gasteiger charge is 2.17. The zero-order valence-corrected chi connectivity index (χ0v) is 10.1. The Morgan fingerprint density at radius 3 is 2.50 bits per heavy atom. The predicted octanol–water partition coefficient (Wildman–Crippen LogP) is 0.855. The highest BCUT2D eigenvalue weighted by Crippen LogP contribution is 2.19. The molecule has 18 heavy (non-hydrogen) atoms. The fraction of sp³-hybridized carbons (Fsp3) is 0.364. The maximum Gasteiger partial charge on any atom is 0.270 e. The van der Waals surface area contributed by atoms with Crippen LogP contribution in [-0.4, -0.2) is 31.3 Å². The van der Waals surface area contributed by atoms with E-state index in [2.05, 4.69) is 0 Å². The van der Waals surface area contributed by atoms with Crippen LogP contribution in [0.4, 0.5) is 5.69 Å². The van der Waals surface area contributed by atoms with Gasteiger partial charge in [-0.25, -0.2) is 0 Å². The lowest BCUT2D eigenvalue weighted by Crippen LogP contribution is -2.20. The fourth-order valence-corrected chi connectivity index (χ4v) is 1.53. The molecule has 1 amide bonds. The van der Waals surface area contributed by atoms with Crippen LogP contribution in [0.25, 0.3) is 0 Å². The number of non-ortho nitro benzene ring substituents is 1. The Kier molecular flexibility index (Phi) is 4.75. The van der Waals surface area contributed by atoms with E-state index in [-0.39, 0.29) is 17.7 Å². The van der Waals surface area contributed by atoms with E-state index in [1.54, 1.807) is 0 Å². The summed E-state index contributed by atoms with van der Waals surface area (Å²) in [6.45, 7) is 0. The fourth-order valence-electron chi connectivity index (χ4n) is 1.53. The molecular weight excluding hydrogens is 240 g/mol. The van der Waals surface area contributed by atoms with E-state index in [1.165, 1.54) is 26.4 Å². The minimum Gasteiger partial charge on any atom is -0.366 e. The van der Waals surface area contributed by atoms with Gasteiger partial charge in [0.2, 0.25) is 5.91 Å². The monoisotopic (exact) mass is 254 g/mol. The Labute approximate surface area is 104 Å². The number of carbonyl (C=O) groups excluding carboxylic acids is 1. The standard InChI is InChI=1S/C11H14N2O5/c1-17-10(18-2)5-7-3-4-8(13(15)16)6-9(7)11(12)14/h3-4,6,10H,5H2,1-2H3,(H2,12,14). The van der Waals surface area contributed by atoms with Crippen molar-refractivity contribution >= 4 is 11.6 Å². The van der Waals surface area contributed by atoms with Crippen LogP contribution < -0.4 is 5.73 Å². The van der Waals surface area contributed by atoms with E-state index in [9.17, 15) is 14.9 Å². The Hall–Kier alpha value is -1.99. The normalized spacial score (nSPS) is 10.6. The summed E-state index contributed by atoms with van der Waals surface area (Å²) in [5.41, 5.74) is 5.66. The summed E-state index contributed by atoms with van der Waals surface area (Å²) < 4.78 is 10.0. The summed E-state index contributed by atoms with van der Waals surface area (Å²) >= 11 is 0. The van der Waals surface area contributed by atoms with Gasteiger partial charge in [0.1, 0.15) is 0 Å². The molecule has 0 bridgehead atoms. The molecule has 0 aliphatic heterocycles. The second kappa shape index (κ2) is 6.08. The Bertz CT molecular complexity index is 457. The van der Waals surface area contributed by atoms with Gasteiger partial charge in [0.05, 0.1) is 4.92 Å². The van der Waals surface area contributed by atoms with Crippen LogP contribution in [0.15, 0.2) is 18.2 Å². The van der Waals surface area contributed by atoms with Crippen molar-refractivity contribution in [2.24, 2.45) is 5.73 Å². The summed E-state index contributed by atoms with van der Waals surface area (Å²) in [5.74, 6) is -0.723. The smallest absolute Gasteiger partial charge is 0.270 e. The number of carbonyl (C=O) groups is 1. The molecule has 0 unspecified atom stereocenters. The molecule has 2 N–H and O–H groups in total. The molecule has 0 spiro atoms. The number of nitro benzene ring substituents is 1. The first-order valence-corrected chi connectivity index (χ1v) is 5.12. The number of primary amides is 1. The number of ether oxygens (including phenoxy) is 2. The van der Waals surface area contributed by atoms with Gasteiger partial charge >= 0.3 is 0 Å². The second-order valence-electron chi connectivity index (χ2n) is 3.57. The average Bonchev–Trinajstić information content (AvgIpc) is 2.35. The number of benzene rings is 1. The zero-order valence-electron chi connectivity index (χ0n) is 10.1. The number of rotatable bonds is 6. The van der Waals surface area contributed by atoms with Crippen molar-refractivity contribution in [2.45, 2.75) is 12.7 Å². The van der Waals surface area contributed by atoms with Crippen molar-refractivity contribution < 1.29 is 19.2 Å². The minimum absolute atomic E-state index is 0.100. The third kappa shape index (κ3) is 3.25. The number of nitrogens with two attached hydrogens (primary N) is 1. The maximum atomic E-state index is 11.3. The van der Waals surface area contributed by atoms with Gasteiger partial charge < -0.3 is 15.2 Å². The molecule has 1 aromatic carbocycles. The third-order valence-corrected chi connectivity index (χ3v) is 2.48. The molecule has 0 saturated carbocycles. The average molecular weight is 254 g/mol. The van der Waals surface area contributed by atoms with Crippen molar-refractivity contribution in [3.63, 3.8) is 0 Å². The topological polar surface area (TPSA) is 105 Å². The largest absolute Gasteiger partial charge is 0.366 e. The molecular formula is C11H14N2O5. The number of hydrogen-bond acceptors (Lipinski definition) is 5. The van der Waals surface area contributed by atoms with Gasteiger partial charge in [0.25, 0.3) is 5.69 Å². The highest BCUT2D eigenvalue weighted by molar-refractivity contribution is 5.95. The summed E-state index contributed by atoms with van der Waals surface area (Å²) in [6, 6.07) is 3.94. The zero-order chi connectivity index (χ0) is 13.7. The quantitative estimate of drug-likeness (QED) is 0.460. The lowest BCUT2D eigenvalue weighted by Gasteiger charge is -2.14. The predicted molar refractivity (Wildman–Crippen MR) is 63.1 cm³/mol. The number of amides is 1. The summed E-state index contributed by atoms with van der Waals surface area (Å²) in [7, 11) is 2.92. The first-order valence-electron chi connectivity index (χ1n) is 5.12. The van der Waals surface area contributed by atoms with Crippen LogP contribution in [0.3, 0.4) is 0 Å². The lowest BCUT2D eigenvalue weighted by molar-refractivity contribution is -0.384. The van der Waals surface area contributed by atoms with Crippen LogP contribution >= 0.6 is 0 Å². The van der Waals surface area contributed by atoms with Crippen molar-refractivity contribution in [3.05, 3.63) is 39.4 Å². The molecule has 0 fully saturated rings. The maximum absolute atomic E-state index is 11.3. The third-order valence-electron chi connectivity index (χ3n) is 2.48. The van der Waals surface area contributed by atoms with Crippen molar-refractivity contribution in [3.8, 4) is 0 Å². The molecule has 7 nitrogen and oxygen atoms in total. The van der Waals surface area contributed by atoms with Gasteiger partial charge in [-0.15, -0.1) is 0 Å². The van der Waals surface area contributed by atoms with E-state index < -0.39 is 17.1 Å². The number of methoxy groups -OCH3 is 2. The van der Waals surface area contributed by atoms with Crippen LogP contribution in [0, 0.1) is 10.1 Å². The highest BCUT2D eigenvalue weighted by atomic mass is 16.7. The van der Waals surface area contributed by atoms with Crippen molar-refractivity contribution in [1.82, 2.24) is 0 Å². The SMILES string of the molecule is COC(Cc1ccc([N+](=O)[O-])cc1C(N)=O)OC. The first-order chi connectivity index (χ1) is 8.49. The van der Waals surface area contributed by atoms with E-state index in [4.69, 9.17) is 15.2 Å². The molecule has 7 heteroatoms. The second-order valence-corrected chi connectivity index (χ2v) is 3.57. The summed E-state index contributed by atoms with van der Waals surface area (Å²) in [4.78, 5) is 21.3. The number of nitrogens with zero attached hydrogens (tertiary/aromatic N) is 1. The van der Waals surface area contributed by atoms with E-state index in [1.807, 2.05) is 0 Å². The molecule has 0 aliphatic rings. The summed E-state index contributed by atoms with van der Waals surface area (Å²) in [5, 5.41) is 10.6. The van der Waals surface area contributed by atoms with Gasteiger partial charge in [-0.1, -0.05) is 6.07 Å². The van der Waals surface area contributed by atoms with Gasteiger partial charge in [0, 0.05) is 38.3 Å². The molecule has 0 aliphatic carbocycles. The molecule has 98 valence electrons. The number of hydrogen-bond donors (Lipinski definition) is 1. The van der Waals surface area contributed by atoms with Crippen LogP contribution in [0.1, 0.15) is 15.9 Å². The first kappa shape index (κ1) is 14.1. The van der Waals surface area contributed by atoms with Gasteiger partial charge in [-0.05, 0) is 5.56 Å². The van der Waals surface area contributed by atoms with Crippen LogP contribution in [-0.2, 0) is 15.9 Å². The van der Waals surface area contributed by atoms with Crippen molar-refractivity contribution in [1.29, 1.82) is 0 Å². The van der Waals surface area contributed by atoms with E-state index in [0.29, 0.717) is 5.56 Å². The Morgan fingerprint density at radius 2 is 2.06 bits per heavy atom. The Morgan fingerprint density at radius 1 is 1.44 bits per heavy atom. The molecule has 1 rings (SSSR count). The summed E-state index contributed by atoms with van der Waals surface area (Å²) in [6.07, 6.45) is -0.256. The van der Waals surface area contributed by atoms with Crippen LogP contribution in [0.2, 0.25) is 0 Å². The van der Waals surface area contributed by atoms with Gasteiger partial charge in [-0.3, -0.25) is 14.9 Å². The molecule has 1 aromatic rings. The van der Waals surface area contributed by atoms with Gasteiger partial charge in [0.15, 0.2) is 6.29 Å². The van der Waals surface area contributed by atoms with Gasteiger partial charge in [-0.2, -0.15) is 0 Å². The van der Waals surface area contributed by atoms with E-state index in [0.717, 1.165) is 6.07 Å². The molecule has 0 heterocycles. The molecule has 0 radical (unpaired) electrons. The van der Waals surface area contributed by atoms with E-state index >= 15 is 0 Å². The molecule has 0 atom stereocenters. The minimum atomic E-state index is -0.723.